The van der Waals surface area contributed by atoms with E-state index >= 15 is 0 Å². The molecule has 1 amide bonds. The minimum Gasteiger partial charge on any atom is -0.493 e. The molecule has 0 N–H and O–H groups in total. The standard InChI is InChI=1S/C15H22N4O6/c1-17(2)14(18(3)4)16-15(20)25-9-10-7-12(23-5)13(24-6)8-11(10)19(21)22/h7-8H,9H2,1-6H3. The Morgan fingerprint density at radius 3 is 2.08 bits per heavy atom. The number of nitro groups is 1. The monoisotopic (exact) mass is 354 g/mol. The average molecular weight is 354 g/mol. The second kappa shape index (κ2) is 8.71. The van der Waals surface area contributed by atoms with Crippen LogP contribution in [0.1, 0.15) is 5.56 Å². The molecule has 10 nitrogen and oxygen atoms in total. The van der Waals surface area contributed by atoms with E-state index in [-0.39, 0.29) is 23.6 Å². The van der Waals surface area contributed by atoms with E-state index < -0.39 is 11.0 Å². The molecule has 0 saturated heterocycles. The van der Waals surface area contributed by atoms with Gasteiger partial charge < -0.3 is 24.0 Å². The lowest BCUT2D eigenvalue weighted by molar-refractivity contribution is -0.385. The van der Waals surface area contributed by atoms with Gasteiger partial charge in [0.25, 0.3) is 5.69 Å². The predicted octanol–water partition coefficient (Wildman–Crippen LogP) is 1.73. The first-order valence-electron chi connectivity index (χ1n) is 7.20. The first kappa shape index (κ1) is 20.0. The van der Waals surface area contributed by atoms with Crippen molar-refractivity contribution in [2.75, 3.05) is 42.4 Å². The maximum absolute atomic E-state index is 11.9. The van der Waals surface area contributed by atoms with Crippen molar-refractivity contribution in [1.82, 2.24) is 9.80 Å². The number of hydrogen-bond donors (Lipinski definition) is 0. The van der Waals surface area contributed by atoms with E-state index in [2.05, 4.69) is 4.99 Å². The Kier molecular flexibility index (Phi) is 6.97. The first-order chi connectivity index (χ1) is 11.7. The molecule has 1 aromatic carbocycles. The van der Waals surface area contributed by atoms with Crippen molar-refractivity contribution >= 4 is 17.7 Å². The smallest absolute Gasteiger partial charge is 0.437 e. The minimum absolute atomic E-state index is 0.169. The van der Waals surface area contributed by atoms with E-state index in [1.807, 2.05) is 0 Å². The SMILES string of the molecule is COc1cc(COC(=O)N=C(N(C)C)N(C)C)c([N+](=O)[O-])cc1OC. The van der Waals surface area contributed by atoms with Gasteiger partial charge in [0.2, 0.25) is 5.96 Å². The van der Waals surface area contributed by atoms with Crippen molar-refractivity contribution in [3.05, 3.63) is 27.8 Å². The van der Waals surface area contributed by atoms with E-state index in [1.165, 1.54) is 26.4 Å². The number of benzene rings is 1. The number of rotatable bonds is 5. The third-order valence-corrected chi connectivity index (χ3v) is 3.12. The molecule has 10 heteroatoms. The highest BCUT2D eigenvalue weighted by atomic mass is 16.6. The van der Waals surface area contributed by atoms with Crippen molar-refractivity contribution in [3.8, 4) is 11.5 Å². The minimum atomic E-state index is -0.860. The van der Waals surface area contributed by atoms with Crippen molar-refractivity contribution < 1.29 is 23.9 Å². The summed E-state index contributed by atoms with van der Waals surface area (Å²) in [5.74, 6) is 0.890. The van der Waals surface area contributed by atoms with Crippen LogP contribution in [0.4, 0.5) is 10.5 Å². The molecule has 1 rings (SSSR count). The highest BCUT2D eigenvalue weighted by Gasteiger charge is 2.21. The Morgan fingerprint density at radius 2 is 1.64 bits per heavy atom. The molecule has 0 aliphatic rings. The second-order valence-corrected chi connectivity index (χ2v) is 5.35. The molecular formula is C15H22N4O6. The van der Waals surface area contributed by atoms with Crippen LogP contribution in [0, 0.1) is 10.1 Å². The number of guanidine groups is 1. The van der Waals surface area contributed by atoms with Gasteiger partial charge in [0.15, 0.2) is 11.5 Å². The van der Waals surface area contributed by atoms with Crippen LogP contribution in [0.2, 0.25) is 0 Å². The maximum atomic E-state index is 11.9. The van der Waals surface area contributed by atoms with Gasteiger partial charge in [0, 0.05) is 28.2 Å². The third-order valence-electron chi connectivity index (χ3n) is 3.12. The zero-order valence-electron chi connectivity index (χ0n) is 15.1. The number of methoxy groups -OCH3 is 2. The predicted molar refractivity (Wildman–Crippen MR) is 91.2 cm³/mol. The lowest BCUT2D eigenvalue weighted by Crippen LogP contribution is -2.36. The molecule has 0 aliphatic carbocycles. The van der Waals surface area contributed by atoms with Gasteiger partial charge >= 0.3 is 6.09 Å². The van der Waals surface area contributed by atoms with Crippen LogP contribution in [0.5, 0.6) is 11.5 Å². The fraction of sp³-hybridized carbons (Fsp3) is 0.467. The van der Waals surface area contributed by atoms with Crippen molar-refractivity contribution in [2.24, 2.45) is 4.99 Å². The van der Waals surface area contributed by atoms with Gasteiger partial charge in [-0.1, -0.05) is 0 Å². The largest absolute Gasteiger partial charge is 0.493 e. The summed E-state index contributed by atoms with van der Waals surface area (Å²) in [5, 5.41) is 11.2. The molecule has 25 heavy (non-hydrogen) atoms. The van der Waals surface area contributed by atoms with Gasteiger partial charge in [-0.25, -0.2) is 4.79 Å². The fourth-order valence-electron chi connectivity index (χ4n) is 2.05. The number of nitrogens with zero attached hydrogens (tertiary/aromatic N) is 4. The fourth-order valence-corrected chi connectivity index (χ4v) is 2.05. The van der Waals surface area contributed by atoms with Crippen molar-refractivity contribution in [1.29, 1.82) is 0 Å². The summed E-state index contributed by atoms with van der Waals surface area (Å²) in [5.41, 5.74) is -0.0719. The Hall–Kier alpha value is -3.04. The number of aliphatic imine (C=N–C) groups is 1. The molecule has 0 atom stereocenters. The topological polar surface area (TPSA) is 107 Å². The van der Waals surface area contributed by atoms with Crippen LogP contribution in [-0.4, -0.2) is 69.2 Å². The summed E-state index contributed by atoms with van der Waals surface area (Å²) in [6, 6.07) is 2.61. The lowest BCUT2D eigenvalue weighted by atomic mass is 10.1. The highest BCUT2D eigenvalue weighted by Crippen LogP contribution is 2.34. The van der Waals surface area contributed by atoms with E-state index in [0.717, 1.165) is 0 Å². The molecular weight excluding hydrogens is 332 g/mol. The van der Waals surface area contributed by atoms with E-state index in [4.69, 9.17) is 14.2 Å². The molecule has 0 bridgehead atoms. The average Bonchev–Trinajstić information content (AvgIpc) is 2.56. The van der Waals surface area contributed by atoms with Crippen LogP contribution in [0.3, 0.4) is 0 Å². The zero-order chi connectivity index (χ0) is 19.1. The van der Waals surface area contributed by atoms with Gasteiger partial charge in [-0.05, 0) is 6.07 Å². The summed E-state index contributed by atoms with van der Waals surface area (Å²) in [6.07, 6.45) is -0.860. The van der Waals surface area contributed by atoms with E-state index in [0.29, 0.717) is 11.7 Å². The zero-order valence-corrected chi connectivity index (χ0v) is 15.1. The van der Waals surface area contributed by atoms with E-state index in [9.17, 15) is 14.9 Å². The maximum Gasteiger partial charge on any atom is 0.437 e. The second-order valence-electron chi connectivity index (χ2n) is 5.35. The Labute approximate surface area is 145 Å². The molecule has 0 spiro atoms. The summed E-state index contributed by atoms with van der Waals surface area (Å²) in [4.78, 5) is 29.6. The van der Waals surface area contributed by atoms with Gasteiger partial charge in [0.1, 0.15) is 6.61 Å². The number of amides is 1. The van der Waals surface area contributed by atoms with Crippen LogP contribution < -0.4 is 9.47 Å². The molecule has 0 saturated carbocycles. The van der Waals surface area contributed by atoms with Gasteiger partial charge in [0.05, 0.1) is 30.8 Å². The molecule has 0 fully saturated rings. The number of ether oxygens (including phenoxy) is 3. The number of nitro benzene ring substituents is 1. The van der Waals surface area contributed by atoms with Gasteiger partial charge in [-0.3, -0.25) is 10.1 Å². The molecule has 138 valence electrons. The summed E-state index contributed by atoms with van der Waals surface area (Å²) in [6.45, 7) is -0.326. The molecule has 0 radical (unpaired) electrons. The van der Waals surface area contributed by atoms with Crippen molar-refractivity contribution in [2.45, 2.75) is 6.61 Å². The Bertz CT molecular complexity index is 662. The van der Waals surface area contributed by atoms with Gasteiger partial charge in [-0.2, -0.15) is 0 Å². The summed E-state index contributed by atoms with van der Waals surface area (Å²) < 4.78 is 15.2. The van der Waals surface area contributed by atoms with Crippen molar-refractivity contribution in [3.63, 3.8) is 0 Å². The molecule has 0 unspecified atom stereocenters. The number of carbonyl (C=O) groups excluding carboxylic acids is 1. The van der Waals surface area contributed by atoms with Crippen LogP contribution >= 0.6 is 0 Å². The third kappa shape index (κ3) is 5.23. The Morgan fingerprint density at radius 1 is 1.12 bits per heavy atom. The van der Waals surface area contributed by atoms with E-state index in [1.54, 1.807) is 38.0 Å². The summed E-state index contributed by atoms with van der Waals surface area (Å²) in [7, 11) is 9.69. The number of hydrogen-bond acceptors (Lipinski definition) is 6. The molecule has 0 heterocycles. The van der Waals surface area contributed by atoms with Crippen LogP contribution in [0.15, 0.2) is 17.1 Å². The van der Waals surface area contributed by atoms with Crippen LogP contribution in [0.25, 0.3) is 0 Å². The lowest BCUT2D eigenvalue weighted by Gasteiger charge is -2.21. The first-order valence-corrected chi connectivity index (χ1v) is 7.20. The molecule has 0 aromatic heterocycles. The molecule has 0 aliphatic heterocycles. The highest BCUT2D eigenvalue weighted by molar-refractivity contribution is 5.89. The van der Waals surface area contributed by atoms with Gasteiger partial charge in [-0.15, -0.1) is 4.99 Å². The number of carbonyl (C=O) groups is 1. The normalized spacial score (nSPS) is 9.84. The van der Waals surface area contributed by atoms with Crippen LogP contribution in [-0.2, 0) is 11.3 Å². The quantitative estimate of drug-likeness (QED) is 0.340. The molecule has 1 aromatic rings. The Balaban J connectivity index is 3.04. The summed E-state index contributed by atoms with van der Waals surface area (Å²) >= 11 is 0.